The summed E-state index contributed by atoms with van der Waals surface area (Å²) in [6.45, 7) is 4.59. The van der Waals surface area contributed by atoms with E-state index < -0.39 is 5.97 Å². The Hall–Kier alpha value is -3.00. The van der Waals surface area contributed by atoms with Crippen molar-refractivity contribution in [2.75, 3.05) is 11.9 Å². The lowest BCUT2D eigenvalue weighted by Gasteiger charge is -2.08. The van der Waals surface area contributed by atoms with Crippen molar-refractivity contribution in [1.82, 2.24) is 14.8 Å². The number of nitrogens with one attached hydrogen (secondary N) is 1. The molecular formula is C19H20N4O3S. The highest BCUT2D eigenvalue weighted by atomic mass is 32.1. The molecule has 0 atom stereocenters. The molecule has 1 aromatic carbocycles. The number of esters is 1. The van der Waals surface area contributed by atoms with Crippen molar-refractivity contribution in [1.29, 1.82) is 0 Å². The number of nitrogens with zero attached hydrogens (tertiary/aromatic N) is 3. The minimum Gasteiger partial charge on any atom is -0.461 e. The molecule has 0 bridgehead atoms. The van der Waals surface area contributed by atoms with Gasteiger partial charge in [-0.15, -0.1) is 11.3 Å². The predicted molar refractivity (Wildman–Crippen MR) is 103 cm³/mol. The van der Waals surface area contributed by atoms with Crippen LogP contribution < -0.4 is 5.32 Å². The zero-order valence-corrected chi connectivity index (χ0v) is 16.0. The number of amides is 1. The van der Waals surface area contributed by atoms with E-state index in [-0.39, 0.29) is 18.2 Å². The summed E-state index contributed by atoms with van der Waals surface area (Å²) in [5.41, 5.74) is 2.65. The fourth-order valence-corrected chi connectivity index (χ4v) is 3.34. The lowest BCUT2D eigenvalue weighted by molar-refractivity contribution is 0.0520. The zero-order valence-electron chi connectivity index (χ0n) is 15.1. The van der Waals surface area contributed by atoms with Gasteiger partial charge in [-0.2, -0.15) is 5.10 Å². The standard InChI is InChI=1S/C19H20N4O3S/c1-3-16-14(10-20-23(16)11-13-8-6-5-7-9-13)17(24)22-19-21-15(12-27-19)18(25)26-4-2/h5-10,12H,3-4,11H2,1-2H3,(H,21,22,24). The molecule has 0 fully saturated rings. The van der Waals surface area contributed by atoms with E-state index in [0.29, 0.717) is 23.7 Å². The summed E-state index contributed by atoms with van der Waals surface area (Å²) < 4.78 is 6.74. The van der Waals surface area contributed by atoms with Gasteiger partial charge in [0.25, 0.3) is 5.91 Å². The average molecular weight is 384 g/mol. The summed E-state index contributed by atoms with van der Waals surface area (Å²) in [6.07, 6.45) is 2.23. The SMILES string of the molecule is CCOC(=O)c1csc(NC(=O)c2cnn(Cc3ccccc3)c2CC)n1. The Balaban J connectivity index is 1.74. The van der Waals surface area contributed by atoms with Gasteiger partial charge in [-0.25, -0.2) is 9.78 Å². The summed E-state index contributed by atoms with van der Waals surface area (Å²) in [6, 6.07) is 9.95. The number of thiazole rings is 1. The molecule has 0 unspecified atom stereocenters. The number of benzene rings is 1. The molecule has 0 aliphatic heterocycles. The lowest BCUT2D eigenvalue weighted by atomic mass is 10.2. The van der Waals surface area contributed by atoms with E-state index in [4.69, 9.17) is 4.74 Å². The minimum atomic E-state index is -0.501. The molecular weight excluding hydrogens is 364 g/mol. The first kappa shape index (κ1) is 18.8. The monoisotopic (exact) mass is 384 g/mol. The van der Waals surface area contributed by atoms with Crippen molar-refractivity contribution in [3.8, 4) is 0 Å². The zero-order chi connectivity index (χ0) is 19.2. The summed E-state index contributed by atoms with van der Waals surface area (Å²) >= 11 is 1.18. The molecule has 2 aromatic heterocycles. The number of aromatic nitrogens is 3. The van der Waals surface area contributed by atoms with E-state index in [1.807, 2.05) is 41.9 Å². The third-order valence-corrected chi connectivity index (χ3v) is 4.67. The molecule has 27 heavy (non-hydrogen) atoms. The highest BCUT2D eigenvalue weighted by Gasteiger charge is 2.19. The fraction of sp³-hybridized carbons (Fsp3) is 0.263. The highest BCUT2D eigenvalue weighted by molar-refractivity contribution is 7.14. The molecule has 8 heteroatoms. The largest absolute Gasteiger partial charge is 0.461 e. The predicted octanol–water partition coefficient (Wildman–Crippen LogP) is 3.38. The number of anilines is 1. The van der Waals surface area contributed by atoms with Gasteiger partial charge in [0.05, 0.1) is 30.6 Å². The molecule has 0 spiro atoms. The number of hydrogen-bond donors (Lipinski definition) is 1. The third-order valence-electron chi connectivity index (χ3n) is 3.91. The van der Waals surface area contributed by atoms with Crippen molar-refractivity contribution in [3.63, 3.8) is 0 Å². The van der Waals surface area contributed by atoms with Crippen molar-refractivity contribution in [3.05, 3.63) is 64.4 Å². The van der Waals surface area contributed by atoms with Crippen LogP contribution in [0.4, 0.5) is 5.13 Å². The highest BCUT2D eigenvalue weighted by Crippen LogP contribution is 2.19. The summed E-state index contributed by atoms with van der Waals surface area (Å²) in [5.74, 6) is -0.796. The number of rotatable bonds is 7. The number of carbonyl (C=O) groups is 2. The first-order valence-corrected chi connectivity index (χ1v) is 9.53. The van der Waals surface area contributed by atoms with Gasteiger partial charge >= 0.3 is 5.97 Å². The molecule has 0 radical (unpaired) electrons. The van der Waals surface area contributed by atoms with E-state index >= 15 is 0 Å². The van der Waals surface area contributed by atoms with Crippen molar-refractivity contribution in [2.45, 2.75) is 26.8 Å². The van der Waals surface area contributed by atoms with Gasteiger partial charge in [0.2, 0.25) is 0 Å². The topological polar surface area (TPSA) is 86.1 Å². The molecule has 0 saturated heterocycles. The Bertz CT molecular complexity index is 934. The van der Waals surface area contributed by atoms with Gasteiger partial charge < -0.3 is 4.74 Å². The quantitative estimate of drug-likeness (QED) is 0.631. The lowest BCUT2D eigenvalue weighted by Crippen LogP contribution is -2.15. The van der Waals surface area contributed by atoms with Crippen LogP contribution in [0.5, 0.6) is 0 Å². The molecule has 0 aliphatic rings. The second-order valence-corrected chi connectivity index (χ2v) is 6.57. The first-order chi connectivity index (χ1) is 13.1. The fourth-order valence-electron chi connectivity index (χ4n) is 2.66. The Morgan fingerprint density at radius 2 is 2.00 bits per heavy atom. The van der Waals surface area contributed by atoms with E-state index in [9.17, 15) is 9.59 Å². The van der Waals surface area contributed by atoms with E-state index in [0.717, 1.165) is 11.3 Å². The van der Waals surface area contributed by atoms with Crippen LogP contribution in [-0.2, 0) is 17.7 Å². The van der Waals surface area contributed by atoms with Gasteiger partial charge in [0, 0.05) is 5.38 Å². The Kier molecular flexibility index (Phi) is 5.97. The van der Waals surface area contributed by atoms with Crippen LogP contribution in [0, 0.1) is 0 Å². The van der Waals surface area contributed by atoms with Gasteiger partial charge in [0.15, 0.2) is 10.8 Å². The summed E-state index contributed by atoms with van der Waals surface area (Å²) in [5, 5.41) is 9.01. The smallest absolute Gasteiger partial charge is 0.357 e. The minimum absolute atomic E-state index is 0.188. The maximum atomic E-state index is 12.7. The second-order valence-electron chi connectivity index (χ2n) is 5.71. The van der Waals surface area contributed by atoms with Gasteiger partial charge in [-0.3, -0.25) is 14.8 Å². The molecule has 0 saturated carbocycles. The van der Waals surface area contributed by atoms with Crippen LogP contribution in [0.15, 0.2) is 41.9 Å². The number of ether oxygens (including phenoxy) is 1. The van der Waals surface area contributed by atoms with Gasteiger partial charge in [0.1, 0.15) is 0 Å². The molecule has 7 nitrogen and oxygen atoms in total. The summed E-state index contributed by atoms with van der Waals surface area (Å²) in [4.78, 5) is 28.4. The molecule has 3 rings (SSSR count). The number of hydrogen-bond acceptors (Lipinski definition) is 6. The van der Waals surface area contributed by atoms with Crippen LogP contribution in [0.3, 0.4) is 0 Å². The van der Waals surface area contributed by atoms with Gasteiger partial charge in [-0.05, 0) is 18.9 Å². The molecule has 3 aromatic rings. The van der Waals surface area contributed by atoms with Crippen LogP contribution >= 0.6 is 11.3 Å². The van der Waals surface area contributed by atoms with Gasteiger partial charge in [-0.1, -0.05) is 37.3 Å². The first-order valence-electron chi connectivity index (χ1n) is 8.65. The molecule has 1 amide bonds. The van der Waals surface area contributed by atoms with Crippen LogP contribution in [0.1, 0.15) is 46.0 Å². The Morgan fingerprint density at radius 3 is 2.70 bits per heavy atom. The van der Waals surface area contributed by atoms with Crippen LogP contribution in [0.2, 0.25) is 0 Å². The summed E-state index contributed by atoms with van der Waals surface area (Å²) in [7, 11) is 0. The van der Waals surface area contributed by atoms with Crippen molar-refractivity contribution in [2.24, 2.45) is 0 Å². The van der Waals surface area contributed by atoms with Crippen LogP contribution in [0.25, 0.3) is 0 Å². The molecule has 1 N–H and O–H groups in total. The van der Waals surface area contributed by atoms with Crippen molar-refractivity contribution < 1.29 is 14.3 Å². The second kappa shape index (κ2) is 8.59. The maximum absolute atomic E-state index is 12.7. The third kappa shape index (κ3) is 4.40. The average Bonchev–Trinajstić information content (AvgIpc) is 3.29. The number of carbonyl (C=O) groups excluding carboxylic acids is 2. The van der Waals surface area contributed by atoms with E-state index in [1.54, 1.807) is 18.5 Å². The normalized spacial score (nSPS) is 10.6. The van der Waals surface area contributed by atoms with Crippen LogP contribution in [-0.4, -0.2) is 33.2 Å². The Labute approximate surface area is 161 Å². The van der Waals surface area contributed by atoms with E-state index in [2.05, 4.69) is 15.4 Å². The molecule has 0 aliphatic carbocycles. The Morgan fingerprint density at radius 1 is 1.22 bits per heavy atom. The molecule has 140 valence electrons. The van der Waals surface area contributed by atoms with E-state index in [1.165, 1.54) is 11.3 Å². The molecule has 2 heterocycles. The maximum Gasteiger partial charge on any atom is 0.357 e. The van der Waals surface area contributed by atoms with Crippen molar-refractivity contribution >= 4 is 28.3 Å².